The molecule has 4 aromatic carbocycles. The van der Waals surface area contributed by atoms with Crippen molar-refractivity contribution in [3.05, 3.63) is 118 Å². The number of aromatic nitrogens is 1. The van der Waals surface area contributed by atoms with Crippen LogP contribution < -0.4 is 25.5 Å². The van der Waals surface area contributed by atoms with Gasteiger partial charge in [0.15, 0.2) is 23.2 Å². The molecule has 0 saturated heterocycles. The van der Waals surface area contributed by atoms with E-state index in [-0.39, 0.29) is 23.3 Å². The van der Waals surface area contributed by atoms with Crippen LogP contribution in [0, 0.1) is 0 Å². The quantitative estimate of drug-likeness (QED) is 0.0922. The molecular weight excluding hydrogens is 633 g/mol. The zero-order valence-corrected chi connectivity index (χ0v) is 26.2. The van der Waals surface area contributed by atoms with Crippen molar-refractivity contribution >= 4 is 69.1 Å². The van der Waals surface area contributed by atoms with Crippen LogP contribution in [0.1, 0.15) is 22.8 Å². The highest BCUT2D eigenvalue weighted by Crippen LogP contribution is 2.36. The molecule has 0 atom stereocenters. The van der Waals surface area contributed by atoms with Crippen LogP contribution in [-0.2, 0) is 4.79 Å². The minimum Gasteiger partial charge on any atom is -0.490 e. The smallest absolute Gasteiger partial charge is 0.271 e. The summed E-state index contributed by atoms with van der Waals surface area (Å²) in [6, 6.07) is 27.0. The van der Waals surface area contributed by atoms with Gasteiger partial charge in [0.25, 0.3) is 11.8 Å². The Labute approximate surface area is 273 Å². The summed E-state index contributed by atoms with van der Waals surface area (Å²) in [6.07, 6.45) is 1.44. The zero-order chi connectivity index (χ0) is 31.6. The maximum atomic E-state index is 12.7. The summed E-state index contributed by atoms with van der Waals surface area (Å²) in [5.41, 5.74) is 6.62. The summed E-state index contributed by atoms with van der Waals surface area (Å²) in [5.74, 6) is -0.275. The molecule has 1 heterocycles. The third-order valence-electron chi connectivity index (χ3n) is 6.18. The molecule has 3 N–H and O–H groups in total. The van der Waals surface area contributed by atoms with Crippen molar-refractivity contribution in [3.8, 4) is 22.8 Å². The second-order valence-electron chi connectivity index (χ2n) is 9.39. The largest absolute Gasteiger partial charge is 0.490 e. The Kier molecular flexibility index (Phi) is 10.7. The second kappa shape index (κ2) is 15.2. The molecule has 0 spiro atoms. The lowest BCUT2D eigenvalue weighted by Crippen LogP contribution is -2.20. The number of benzene rings is 4. The van der Waals surface area contributed by atoms with Crippen LogP contribution in [0.2, 0.25) is 10.0 Å². The third-order valence-corrected chi connectivity index (χ3v) is 7.55. The predicted molar refractivity (Wildman–Crippen MR) is 181 cm³/mol. The van der Waals surface area contributed by atoms with E-state index in [0.717, 1.165) is 22.1 Å². The van der Waals surface area contributed by atoms with Crippen molar-refractivity contribution in [2.45, 2.75) is 6.92 Å². The first kappa shape index (κ1) is 31.5. The van der Waals surface area contributed by atoms with Gasteiger partial charge in [-0.3, -0.25) is 9.59 Å². The van der Waals surface area contributed by atoms with Gasteiger partial charge in [-0.2, -0.15) is 5.10 Å². The lowest BCUT2D eigenvalue weighted by atomic mass is 10.1. The molecular formula is C33H27Cl2N5O4S. The number of nitrogens with one attached hydrogen (secondary N) is 3. The summed E-state index contributed by atoms with van der Waals surface area (Å²) in [4.78, 5) is 29.8. The van der Waals surface area contributed by atoms with Crippen molar-refractivity contribution in [3.63, 3.8) is 0 Å². The molecule has 45 heavy (non-hydrogen) atoms. The molecule has 1 aromatic heterocycles. The average molecular weight is 661 g/mol. The Hall–Kier alpha value is -4.90. The first-order valence-electron chi connectivity index (χ1n) is 13.7. The molecule has 5 aromatic rings. The molecule has 9 nitrogen and oxygen atoms in total. The minimum absolute atomic E-state index is 0.206. The predicted octanol–water partition coefficient (Wildman–Crippen LogP) is 8.04. The van der Waals surface area contributed by atoms with Crippen LogP contribution in [-0.4, -0.2) is 36.2 Å². The zero-order valence-electron chi connectivity index (χ0n) is 23.9. The van der Waals surface area contributed by atoms with Crippen LogP contribution in [0.25, 0.3) is 11.3 Å². The van der Waals surface area contributed by atoms with E-state index in [1.165, 1.54) is 17.6 Å². The molecule has 228 valence electrons. The van der Waals surface area contributed by atoms with Crippen LogP contribution in [0.5, 0.6) is 11.5 Å². The number of nitrogens with zero attached hydrogens (tertiary/aromatic N) is 2. The summed E-state index contributed by atoms with van der Waals surface area (Å²) in [7, 11) is 0. The number of hydrogen-bond donors (Lipinski definition) is 3. The summed E-state index contributed by atoms with van der Waals surface area (Å²) >= 11 is 14.1. The van der Waals surface area contributed by atoms with Gasteiger partial charge in [-0.25, -0.2) is 10.4 Å². The first-order chi connectivity index (χ1) is 21.9. The normalized spacial score (nSPS) is 10.8. The standard InChI is InChI=1S/C33H27Cl2N5O4S/c1-2-43-29-17-21(16-26(35)31(29)44-19-30(41)38-27-11-7-6-10-25(27)34)18-36-40-32(42)23-14-12-22(13-15-23)28-20-45-33(39-28)37-24-8-4-3-5-9-24/h3-18,20H,2,19H2,1H3,(H,37,39)(H,38,41)(H,40,42)/b36-18+. The van der Waals surface area contributed by atoms with Gasteiger partial charge in [0, 0.05) is 22.2 Å². The number of hydrazone groups is 1. The summed E-state index contributed by atoms with van der Waals surface area (Å²) in [6.45, 7) is 1.82. The van der Waals surface area contributed by atoms with E-state index < -0.39 is 5.91 Å². The molecule has 0 unspecified atom stereocenters. The van der Waals surface area contributed by atoms with Gasteiger partial charge in [-0.05, 0) is 61.0 Å². The van der Waals surface area contributed by atoms with Gasteiger partial charge in [0.1, 0.15) is 0 Å². The molecule has 2 amide bonds. The number of rotatable bonds is 12. The number of amides is 2. The highest BCUT2D eigenvalue weighted by Gasteiger charge is 2.15. The summed E-state index contributed by atoms with van der Waals surface area (Å²) in [5, 5.41) is 13.4. The number of carbonyl (C=O) groups is 2. The van der Waals surface area contributed by atoms with Gasteiger partial charge in [0.05, 0.1) is 34.2 Å². The van der Waals surface area contributed by atoms with Gasteiger partial charge < -0.3 is 20.1 Å². The van der Waals surface area contributed by atoms with Gasteiger partial charge in [0.2, 0.25) is 0 Å². The number of para-hydroxylation sites is 2. The van der Waals surface area contributed by atoms with Gasteiger partial charge in [-0.15, -0.1) is 11.3 Å². The van der Waals surface area contributed by atoms with Crippen LogP contribution in [0.4, 0.5) is 16.5 Å². The summed E-state index contributed by atoms with van der Waals surface area (Å²) < 4.78 is 11.4. The monoisotopic (exact) mass is 659 g/mol. The van der Waals surface area contributed by atoms with E-state index in [4.69, 9.17) is 32.7 Å². The van der Waals surface area contributed by atoms with Gasteiger partial charge >= 0.3 is 0 Å². The molecule has 0 saturated carbocycles. The lowest BCUT2D eigenvalue weighted by Gasteiger charge is -2.14. The fourth-order valence-electron chi connectivity index (χ4n) is 4.08. The maximum Gasteiger partial charge on any atom is 0.271 e. The topological polar surface area (TPSA) is 114 Å². The molecule has 0 aliphatic rings. The fraction of sp³-hybridized carbons (Fsp3) is 0.0909. The van der Waals surface area contributed by atoms with Crippen molar-refractivity contribution in [2.24, 2.45) is 5.10 Å². The first-order valence-corrected chi connectivity index (χ1v) is 15.4. The second-order valence-corrected chi connectivity index (χ2v) is 11.1. The van der Waals surface area contributed by atoms with E-state index in [9.17, 15) is 9.59 Å². The minimum atomic E-state index is -0.417. The molecule has 0 aliphatic carbocycles. The van der Waals surface area contributed by atoms with Crippen molar-refractivity contribution in [1.29, 1.82) is 0 Å². The van der Waals surface area contributed by atoms with Crippen molar-refractivity contribution in [1.82, 2.24) is 10.4 Å². The third kappa shape index (κ3) is 8.60. The average Bonchev–Trinajstić information content (AvgIpc) is 3.51. The molecule has 0 radical (unpaired) electrons. The number of thiazole rings is 1. The Morgan fingerprint density at radius 2 is 1.69 bits per heavy atom. The lowest BCUT2D eigenvalue weighted by molar-refractivity contribution is -0.118. The van der Waals surface area contributed by atoms with Crippen LogP contribution >= 0.6 is 34.5 Å². The molecule has 12 heteroatoms. The highest BCUT2D eigenvalue weighted by atomic mass is 35.5. The fourth-order valence-corrected chi connectivity index (χ4v) is 5.28. The van der Waals surface area contributed by atoms with Gasteiger partial charge in [-0.1, -0.05) is 65.7 Å². The SMILES string of the molecule is CCOc1cc(/C=N/NC(=O)c2ccc(-c3csc(Nc4ccccc4)n3)cc2)cc(Cl)c1OCC(=O)Nc1ccccc1Cl. The number of anilines is 3. The number of ether oxygens (including phenoxy) is 2. The molecule has 0 aliphatic heterocycles. The van der Waals surface area contributed by atoms with Crippen LogP contribution in [0.3, 0.4) is 0 Å². The van der Waals surface area contributed by atoms with Crippen LogP contribution in [0.15, 0.2) is 101 Å². The molecule has 5 rings (SSSR count). The molecule has 0 bridgehead atoms. The Bertz CT molecular complexity index is 1810. The highest BCUT2D eigenvalue weighted by molar-refractivity contribution is 7.14. The Balaban J connectivity index is 1.18. The Morgan fingerprint density at radius 3 is 2.44 bits per heavy atom. The van der Waals surface area contributed by atoms with E-state index in [1.54, 1.807) is 48.5 Å². The van der Waals surface area contributed by atoms with E-state index >= 15 is 0 Å². The van der Waals surface area contributed by atoms with E-state index in [0.29, 0.717) is 34.2 Å². The van der Waals surface area contributed by atoms with Crippen molar-refractivity contribution < 1.29 is 19.1 Å². The Morgan fingerprint density at radius 1 is 0.933 bits per heavy atom. The van der Waals surface area contributed by atoms with E-state index in [1.807, 2.05) is 54.8 Å². The number of halogens is 2. The number of carbonyl (C=O) groups excluding carboxylic acids is 2. The maximum absolute atomic E-state index is 12.7. The number of hydrogen-bond acceptors (Lipinski definition) is 8. The molecule has 0 fully saturated rings. The van der Waals surface area contributed by atoms with Crippen molar-refractivity contribution in [2.75, 3.05) is 23.8 Å². The van der Waals surface area contributed by atoms with E-state index in [2.05, 4.69) is 26.1 Å².